The number of carbonyl (C=O) groups excluding carboxylic acids is 2. The van der Waals surface area contributed by atoms with Gasteiger partial charge in [-0.3, -0.25) is 9.59 Å². The summed E-state index contributed by atoms with van der Waals surface area (Å²) in [7, 11) is 1.58. The summed E-state index contributed by atoms with van der Waals surface area (Å²) in [5.41, 5.74) is 6.02. The molecule has 0 aromatic heterocycles. The van der Waals surface area contributed by atoms with Gasteiger partial charge in [0.2, 0.25) is 5.91 Å². The van der Waals surface area contributed by atoms with Gasteiger partial charge >= 0.3 is 0 Å². The Morgan fingerprint density at radius 2 is 1.74 bits per heavy atom. The lowest BCUT2D eigenvalue weighted by molar-refractivity contribution is -0.122. The Kier molecular flexibility index (Phi) is 5.19. The van der Waals surface area contributed by atoms with Crippen molar-refractivity contribution in [1.82, 2.24) is 0 Å². The second-order valence-corrected chi connectivity index (χ2v) is 4.87. The minimum Gasteiger partial charge on any atom is -0.497 e. The van der Waals surface area contributed by atoms with E-state index in [9.17, 15) is 9.59 Å². The van der Waals surface area contributed by atoms with Gasteiger partial charge in [0.15, 0.2) is 6.10 Å². The molecular formula is C17H18N2O4. The number of rotatable bonds is 6. The van der Waals surface area contributed by atoms with Crippen molar-refractivity contribution < 1.29 is 19.1 Å². The number of hydrogen-bond acceptors (Lipinski definition) is 4. The fourth-order valence-corrected chi connectivity index (χ4v) is 1.91. The first kappa shape index (κ1) is 16.4. The van der Waals surface area contributed by atoms with Gasteiger partial charge in [0.1, 0.15) is 11.5 Å². The van der Waals surface area contributed by atoms with Gasteiger partial charge in [0.05, 0.1) is 7.11 Å². The maximum absolute atomic E-state index is 12.1. The molecule has 2 aromatic rings. The summed E-state index contributed by atoms with van der Waals surface area (Å²) in [4.78, 5) is 23.3. The molecule has 0 aliphatic heterocycles. The van der Waals surface area contributed by atoms with Crippen LogP contribution in [0.3, 0.4) is 0 Å². The lowest BCUT2D eigenvalue weighted by Crippen LogP contribution is -2.30. The zero-order valence-corrected chi connectivity index (χ0v) is 12.9. The Morgan fingerprint density at radius 1 is 1.09 bits per heavy atom. The molecule has 0 fully saturated rings. The van der Waals surface area contributed by atoms with E-state index in [-0.39, 0.29) is 5.91 Å². The number of ether oxygens (including phenoxy) is 2. The molecule has 0 unspecified atom stereocenters. The fourth-order valence-electron chi connectivity index (χ4n) is 1.91. The second kappa shape index (κ2) is 7.31. The first-order chi connectivity index (χ1) is 11.0. The van der Waals surface area contributed by atoms with Crippen LogP contribution in [0.5, 0.6) is 11.5 Å². The Morgan fingerprint density at radius 3 is 2.35 bits per heavy atom. The van der Waals surface area contributed by atoms with E-state index in [4.69, 9.17) is 15.2 Å². The number of carbonyl (C=O) groups is 2. The molecule has 120 valence electrons. The van der Waals surface area contributed by atoms with E-state index in [1.165, 1.54) is 6.07 Å². The van der Waals surface area contributed by atoms with Gasteiger partial charge in [-0.05, 0) is 49.4 Å². The highest BCUT2D eigenvalue weighted by Crippen LogP contribution is 2.18. The molecular weight excluding hydrogens is 296 g/mol. The van der Waals surface area contributed by atoms with Crippen molar-refractivity contribution in [3.05, 3.63) is 54.1 Å². The first-order valence-corrected chi connectivity index (χ1v) is 7.01. The van der Waals surface area contributed by atoms with Crippen molar-refractivity contribution >= 4 is 17.5 Å². The van der Waals surface area contributed by atoms with Crippen LogP contribution >= 0.6 is 0 Å². The summed E-state index contributed by atoms with van der Waals surface area (Å²) >= 11 is 0. The van der Waals surface area contributed by atoms with Crippen LogP contribution in [0.2, 0.25) is 0 Å². The molecule has 6 heteroatoms. The third kappa shape index (κ3) is 4.47. The molecule has 0 saturated carbocycles. The van der Waals surface area contributed by atoms with E-state index in [0.717, 1.165) is 0 Å². The van der Waals surface area contributed by atoms with Crippen LogP contribution in [0, 0.1) is 0 Å². The SMILES string of the molecule is COc1ccc(O[C@@H](C)C(=O)Nc2cccc(C(N)=O)c2)cc1. The molecule has 0 spiro atoms. The molecule has 1 atom stereocenters. The molecule has 0 heterocycles. The maximum atomic E-state index is 12.1. The van der Waals surface area contributed by atoms with Gasteiger partial charge in [-0.15, -0.1) is 0 Å². The normalized spacial score (nSPS) is 11.4. The number of amides is 2. The Hall–Kier alpha value is -3.02. The quantitative estimate of drug-likeness (QED) is 0.855. The maximum Gasteiger partial charge on any atom is 0.265 e. The van der Waals surface area contributed by atoms with E-state index in [1.807, 2.05) is 0 Å². The zero-order valence-electron chi connectivity index (χ0n) is 12.9. The average molecular weight is 314 g/mol. The molecule has 2 rings (SSSR count). The van der Waals surface area contributed by atoms with Crippen molar-refractivity contribution in [2.24, 2.45) is 5.73 Å². The van der Waals surface area contributed by atoms with E-state index >= 15 is 0 Å². The molecule has 2 aromatic carbocycles. The van der Waals surface area contributed by atoms with Crippen molar-refractivity contribution in [3.8, 4) is 11.5 Å². The number of hydrogen-bond donors (Lipinski definition) is 2. The third-order valence-electron chi connectivity index (χ3n) is 3.16. The summed E-state index contributed by atoms with van der Waals surface area (Å²) in [6.07, 6.45) is -0.708. The van der Waals surface area contributed by atoms with Crippen LogP contribution in [0.1, 0.15) is 17.3 Å². The number of methoxy groups -OCH3 is 1. The molecule has 2 amide bonds. The van der Waals surface area contributed by atoms with Gasteiger partial charge in [0, 0.05) is 11.3 Å². The van der Waals surface area contributed by atoms with Crippen molar-refractivity contribution in [3.63, 3.8) is 0 Å². The summed E-state index contributed by atoms with van der Waals surface area (Å²) in [5, 5.41) is 2.68. The molecule has 0 aliphatic carbocycles. The summed E-state index contributed by atoms with van der Waals surface area (Å²) in [5.74, 6) is 0.378. The minimum absolute atomic E-state index is 0.325. The summed E-state index contributed by atoms with van der Waals surface area (Å²) in [6.45, 7) is 1.64. The van der Waals surface area contributed by atoms with Gasteiger partial charge < -0.3 is 20.5 Å². The lowest BCUT2D eigenvalue weighted by atomic mass is 10.2. The monoisotopic (exact) mass is 314 g/mol. The summed E-state index contributed by atoms with van der Waals surface area (Å²) in [6, 6.07) is 13.3. The van der Waals surface area contributed by atoms with E-state index < -0.39 is 12.0 Å². The van der Waals surface area contributed by atoms with Crippen LogP contribution in [0.4, 0.5) is 5.69 Å². The molecule has 23 heavy (non-hydrogen) atoms. The number of primary amides is 1. The van der Waals surface area contributed by atoms with Crippen LogP contribution in [0.15, 0.2) is 48.5 Å². The van der Waals surface area contributed by atoms with Crippen molar-refractivity contribution in [2.75, 3.05) is 12.4 Å². The first-order valence-electron chi connectivity index (χ1n) is 7.01. The number of nitrogens with two attached hydrogens (primary N) is 1. The summed E-state index contributed by atoms with van der Waals surface area (Å²) < 4.78 is 10.6. The van der Waals surface area contributed by atoms with Crippen LogP contribution < -0.4 is 20.5 Å². The molecule has 3 N–H and O–H groups in total. The number of benzene rings is 2. The van der Waals surface area contributed by atoms with E-state index in [1.54, 1.807) is 56.5 Å². The highest BCUT2D eigenvalue weighted by molar-refractivity contribution is 5.97. The fraction of sp³-hybridized carbons (Fsp3) is 0.176. The van der Waals surface area contributed by atoms with Crippen molar-refractivity contribution in [1.29, 1.82) is 0 Å². The van der Waals surface area contributed by atoms with Crippen LogP contribution in [-0.2, 0) is 4.79 Å². The molecule has 0 bridgehead atoms. The highest BCUT2D eigenvalue weighted by atomic mass is 16.5. The zero-order chi connectivity index (χ0) is 16.8. The third-order valence-corrected chi connectivity index (χ3v) is 3.16. The van der Waals surface area contributed by atoms with Gasteiger partial charge in [-0.1, -0.05) is 6.07 Å². The molecule has 0 saturated heterocycles. The Balaban J connectivity index is 1.99. The Labute approximate surface area is 134 Å². The van der Waals surface area contributed by atoms with E-state index in [2.05, 4.69) is 5.32 Å². The topological polar surface area (TPSA) is 90.7 Å². The highest BCUT2D eigenvalue weighted by Gasteiger charge is 2.15. The second-order valence-electron chi connectivity index (χ2n) is 4.87. The molecule has 0 aliphatic rings. The number of nitrogens with one attached hydrogen (secondary N) is 1. The predicted molar refractivity (Wildman–Crippen MR) is 86.7 cm³/mol. The standard InChI is InChI=1S/C17H18N2O4/c1-11(23-15-8-6-14(22-2)7-9-15)17(21)19-13-5-3-4-12(10-13)16(18)20/h3-11H,1-2H3,(H2,18,20)(H,19,21)/t11-/m0/s1. The largest absolute Gasteiger partial charge is 0.497 e. The van der Waals surface area contributed by atoms with Crippen LogP contribution in [-0.4, -0.2) is 25.0 Å². The van der Waals surface area contributed by atoms with Crippen LogP contribution in [0.25, 0.3) is 0 Å². The minimum atomic E-state index is -0.708. The predicted octanol–water partition coefficient (Wildman–Crippen LogP) is 2.20. The number of anilines is 1. The van der Waals surface area contributed by atoms with Gasteiger partial charge in [-0.2, -0.15) is 0 Å². The lowest BCUT2D eigenvalue weighted by Gasteiger charge is -2.15. The van der Waals surface area contributed by atoms with Gasteiger partial charge in [-0.25, -0.2) is 0 Å². The van der Waals surface area contributed by atoms with Gasteiger partial charge in [0.25, 0.3) is 5.91 Å². The average Bonchev–Trinajstić information content (AvgIpc) is 2.55. The smallest absolute Gasteiger partial charge is 0.265 e. The molecule has 6 nitrogen and oxygen atoms in total. The Bertz CT molecular complexity index is 698. The molecule has 0 radical (unpaired) electrons. The van der Waals surface area contributed by atoms with Crippen molar-refractivity contribution in [2.45, 2.75) is 13.0 Å². The van der Waals surface area contributed by atoms with E-state index in [0.29, 0.717) is 22.7 Å².